The molecule has 1 N–H and O–H groups in total. The number of alkyl halides is 2. The number of carbonyl (C=O) groups is 1. The van der Waals surface area contributed by atoms with Crippen molar-refractivity contribution in [2.45, 2.75) is 68.9 Å². The standard InChI is InChI=1S/C22H29BrCl2O3/c1-3-4-5-6-7-19-18(21(25)20(23)22(19)27)9-8-15-10-16(12-17(24)11-15)13-28-14(2)26/h5-6,10-12,18-22,27H,3-4,7-9,13H2,1-2H3/b6-5-/t18-,19-,20?,21?,22?/m1/s1. The average Bonchev–Trinajstić information content (AvgIpc) is 2.85. The van der Waals surface area contributed by atoms with Gasteiger partial charge >= 0.3 is 5.97 Å². The van der Waals surface area contributed by atoms with Crippen LogP contribution in [0.2, 0.25) is 5.02 Å². The molecule has 156 valence electrons. The molecule has 0 spiro atoms. The highest BCUT2D eigenvalue weighted by molar-refractivity contribution is 9.09. The molecule has 1 saturated carbocycles. The van der Waals surface area contributed by atoms with Crippen LogP contribution in [0.15, 0.2) is 30.4 Å². The van der Waals surface area contributed by atoms with Crippen molar-refractivity contribution >= 4 is 45.1 Å². The Kier molecular flexibility index (Phi) is 9.82. The van der Waals surface area contributed by atoms with Crippen molar-refractivity contribution in [3.8, 4) is 0 Å². The molecule has 5 atom stereocenters. The molecule has 0 aliphatic heterocycles. The van der Waals surface area contributed by atoms with Crippen molar-refractivity contribution < 1.29 is 14.6 Å². The third-order valence-corrected chi connectivity index (χ3v) is 7.51. The van der Waals surface area contributed by atoms with Gasteiger partial charge in [-0.15, -0.1) is 11.6 Å². The first-order valence-electron chi connectivity index (χ1n) is 9.86. The second-order valence-electron chi connectivity index (χ2n) is 7.49. The van der Waals surface area contributed by atoms with Crippen molar-refractivity contribution in [1.29, 1.82) is 0 Å². The molecule has 0 amide bonds. The number of carbonyl (C=O) groups excluding carboxylic acids is 1. The van der Waals surface area contributed by atoms with Crippen LogP contribution in [0.4, 0.5) is 0 Å². The minimum atomic E-state index is -0.447. The molecule has 28 heavy (non-hydrogen) atoms. The van der Waals surface area contributed by atoms with Crippen LogP contribution < -0.4 is 0 Å². The molecule has 0 aromatic heterocycles. The molecular formula is C22H29BrCl2O3. The number of hydrogen-bond donors (Lipinski definition) is 1. The molecule has 2 rings (SSSR count). The number of esters is 1. The fourth-order valence-corrected chi connectivity index (χ4v) is 5.37. The normalized spacial score (nSPS) is 27.4. The minimum absolute atomic E-state index is 0.0948. The monoisotopic (exact) mass is 490 g/mol. The fourth-order valence-electron chi connectivity index (χ4n) is 3.84. The Morgan fingerprint density at radius 2 is 1.96 bits per heavy atom. The molecule has 0 heterocycles. The van der Waals surface area contributed by atoms with E-state index in [2.05, 4.69) is 35.0 Å². The number of ether oxygens (including phenoxy) is 1. The van der Waals surface area contributed by atoms with Crippen LogP contribution in [-0.4, -0.2) is 27.4 Å². The van der Waals surface area contributed by atoms with Crippen molar-refractivity contribution in [3.63, 3.8) is 0 Å². The predicted molar refractivity (Wildman–Crippen MR) is 119 cm³/mol. The Hall–Kier alpha value is -0.550. The summed E-state index contributed by atoms with van der Waals surface area (Å²) in [4.78, 5) is 10.9. The highest BCUT2D eigenvalue weighted by Crippen LogP contribution is 2.44. The van der Waals surface area contributed by atoms with E-state index in [1.165, 1.54) is 6.92 Å². The molecule has 0 radical (unpaired) electrons. The first kappa shape index (κ1) is 23.7. The summed E-state index contributed by atoms with van der Waals surface area (Å²) in [6, 6.07) is 5.77. The fraction of sp³-hybridized carbons (Fsp3) is 0.591. The van der Waals surface area contributed by atoms with Gasteiger partial charge in [0.1, 0.15) is 6.61 Å². The number of unbranched alkanes of at least 4 members (excludes halogenated alkanes) is 1. The quantitative estimate of drug-likeness (QED) is 0.259. The van der Waals surface area contributed by atoms with Crippen LogP contribution in [0, 0.1) is 11.8 Å². The van der Waals surface area contributed by atoms with Gasteiger partial charge in [-0.05, 0) is 60.8 Å². The van der Waals surface area contributed by atoms with E-state index in [4.69, 9.17) is 27.9 Å². The van der Waals surface area contributed by atoms with Gasteiger partial charge in [-0.1, -0.05) is 59.1 Å². The predicted octanol–water partition coefficient (Wildman–Crippen LogP) is 6.06. The van der Waals surface area contributed by atoms with Crippen LogP contribution in [0.25, 0.3) is 0 Å². The van der Waals surface area contributed by atoms with E-state index in [-0.39, 0.29) is 34.6 Å². The maximum Gasteiger partial charge on any atom is 0.302 e. The van der Waals surface area contributed by atoms with Gasteiger partial charge < -0.3 is 9.84 Å². The number of aliphatic hydroxyl groups is 1. The van der Waals surface area contributed by atoms with Crippen LogP contribution in [0.3, 0.4) is 0 Å². The van der Waals surface area contributed by atoms with Crippen molar-refractivity contribution in [2.24, 2.45) is 11.8 Å². The summed E-state index contributed by atoms with van der Waals surface area (Å²) in [7, 11) is 0. The zero-order chi connectivity index (χ0) is 20.7. The molecule has 1 aromatic carbocycles. The summed E-state index contributed by atoms with van der Waals surface area (Å²) in [5.41, 5.74) is 1.97. The van der Waals surface area contributed by atoms with Crippen molar-refractivity contribution in [2.75, 3.05) is 0 Å². The molecule has 1 aliphatic rings. The van der Waals surface area contributed by atoms with Crippen molar-refractivity contribution in [3.05, 3.63) is 46.5 Å². The van der Waals surface area contributed by atoms with Gasteiger partial charge in [0, 0.05) is 11.9 Å². The molecular weight excluding hydrogens is 463 g/mol. The van der Waals surface area contributed by atoms with Crippen LogP contribution in [0.5, 0.6) is 0 Å². The first-order chi connectivity index (χ1) is 13.3. The van der Waals surface area contributed by atoms with Crippen LogP contribution >= 0.6 is 39.1 Å². The summed E-state index contributed by atoms with van der Waals surface area (Å²) >= 11 is 16.5. The molecule has 1 aromatic rings. The SMILES string of the molecule is CCC/C=C\C[C@H]1C(O)C(Br)C(Cl)[C@@H]1CCc1cc(Cl)cc(COC(C)=O)c1. The summed E-state index contributed by atoms with van der Waals surface area (Å²) in [5, 5.41) is 11.1. The Balaban J connectivity index is 2.04. The third-order valence-electron chi connectivity index (χ3n) is 5.28. The number of aryl methyl sites for hydroxylation is 1. The van der Waals surface area contributed by atoms with E-state index < -0.39 is 6.10 Å². The summed E-state index contributed by atoms with van der Waals surface area (Å²) in [6.45, 7) is 3.77. The number of rotatable bonds is 9. The van der Waals surface area contributed by atoms with E-state index in [0.717, 1.165) is 43.2 Å². The zero-order valence-electron chi connectivity index (χ0n) is 16.4. The Morgan fingerprint density at radius 3 is 2.64 bits per heavy atom. The van der Waals surface area contributed by atoms with Gasteiger partial charge in [-0.3, -0.25) is 4.79 Å². The maximum absolute atomic E-state index is 11.0. The second-order valence-corrected chi connectivity index (χ2v) is 9.49. The smallest absolute Gasteiger partial charge is 0.302 e. The topological polar surface area (TPSA) is 46.5 Å². The van der Waals surface area contributed by atoms with Gasteiger partial charge in [-0.2, -0.15) is 0 Å². The lowest BCUT2D eigenvalue weighted by Crippen LogP contribution is -2.23. The lowest BCUT2D eigenvalue weighted by molar-refractivity contribution is -0.142. The third kappa shape index (κ3) is 6.76. The largest absolute Gasteiger partial charge is 0.461 e. The molecule has 3 unspecified atom stereocenters. The van der Waals surface area contributed by atoms with E-state index >= 15 is 0 Å². The number of aliphatic hydroxyl groups excluding tert-OH is 1. The Labute approximate surface area is 186 Å². The Morgan fingerprint density at radius 1 is 1.25 bits per heavy atom. The number of allylic oxidation sites excluding steroid dienone is 2. The number of benzene rings is 1. The summed E-state index contributed by atoms with van der Waals surface area (Å²) < 4.78 is 5.08. The lowest BCUT2D eigenvalue weighted by Gasteiger charge is -2.22. The molecule has 1 aliphatic carbocycles. The van der Waals surface area contributed by atoms with Gasteiger partial charge in [0.15, 0.2) is 0 Å². The van der Waals surface area contributed by atoms with Crippen LogP contribution in [-0.2, 0) is 22.6 Å². The van der Waals surface area contributed by atoms with Crippen LogP contribution in [0.1, 0.15) is 50.7 Å². The second kappa shape index (κ2) is 11.6. The summed E-state index contributed by atoms with van der Waals surface area (Å²) in [6.07, 6.45) is 8.61. The minimum Gasteiger partial charge on any atom is -0.461 e. The molecule has 0 saturated heterocycles. The number of hydrogen-bond acceptors (Lipinski definition) is 3. The number of halogens is 3. The summed E-state index contributed by atoms with van der Waals surface area (Å²) in [5.74, 6) is 0.0386. The van der Waals surface area contributed by atoms with Crippen molar-refractivity contribution in [1.82, 2.24) is 0 Å². The molecule has 0 bridgehead atoms. The van der Waals surface area contributed by atoms with Gasteiger partial charge in [0.25, 0.3) is 0 Å². The van der Waals surface area contributed by atoms with Gasteiger partial charge in [0.2, 0.25) is 0 Å². The average molecular weight is 492 g/mol. The van der Waals surface area contributed by atoms with E-state index in [1.807, 2.05) is 18.2 Å². The van der Waals surface area contributed by atoms with E-state index in [0.29, 0.717) is 5.02 Å². The molecule has 1 fully saturated rings. The highest BCUT2D eigenvalue weighted by atomic mass is 79.9. The highest BCUT2D eigenvalue weighted by Gasteiger charge is 2.46. The van der Waals surface area contributed by atoms with E-state index in [1.54, 1.807) is 0 Å². The van der Waals surface area contributed by atoms with Gasteiger partial charge in [0.05, 0.1) is 16.3 Å². The maximum atomic E-state index is 11.0. The lowest BCUT2D eigenvalue weighted by atomic mass is 9.86. The molecule has 3 nitrogen and oxygen atoms in total. The van der Waals surface area contributed by atoms with E-state index in [9.17, 15) is 9.90 Å². The Bertz CT molecular complexity index is 680. The first-order valence-corrected chi connectivity index (χ1v) is 11.6. The van der Waals surface area contributed by atoms with Gasteiger partial charge in [-0.25, -0.2) is 0 Å². The zero-order valence-corrected chi connectivity index (χ0v) is 19.5. The molecule has 6 heteroatoms.